The lowest BCUT2D eigenvalue weighted by Crippen LogP contribution is -2.37. The number of aromatic nitrogens is 1. The molecule has 1 aliphatic heterocycles. The van der Waals surface area contributed by atoms with Crippen LogP contribution in [-0.4, -0.2) is 34.9 Å². The molecular weight excluding hydrogens is 333 g/mol. The molecule has 1 aromatic heterocycles. The van der Waals surface area contributed by atoms with Gasteiger partial charge in [0.2, 0.25) is 0 Å². The monoisotopic (exact) mass is 349 g/mol. The van der Waals surface area contributed by atoms with Crippen LogP contribution in [0, 0.1) is 0 Å². The average molecular weight is 350 g/mol. The number of likely N-dealkylation sites (tertiary alicyclic amines) is 1. The molecule has 4 nitrogen and oxygen atoms in total. The summed E-state index contributed by atoms with van der Waals surface area (Å²) in [6.07, 6.45) is 0.936. The van der Waals surface area contributed by atoms with Crippen molar-refractivity contribution in [2.75, 3.05) is 13.1 Å². The molecule has 120 valence electrons. The van der Waals surface area contributed by atoms with Crippen molar-refractivity contribution in [2.24, 2.45) is 0 Å². The molecule has 1 aromatic carbocycles. The van der Waals surface area contributed by atoms with Crippen molar-refractivity contribution in [1.29, 1.82) is 0 Å². The Morgan fingerprint density at radius 1 is 1.22 bits per heavy atom. The number of hydrogen-bond donors (Lipinski definition) is 1. The summed E-state index contributed by atoms with van der Waals surface area (Å²) in [6.45, 7) is 2.71. The molecular formula is C17H17Cl2N3O. The van der Waals surface area contributed by atoms with Gasteiger partial charge in [0.25, 0.3) is 5.91 Å². The zero-order valence-corrected chi connectivity index (χ0v) is 14.0. The Hall–Kier alpha value is -1.62. The first-order valence-electron chi connectivity index (χ1n) is 7.50. The van der Waals surface area contributed by atoms with Gasteiger partial charge >= 0.3 is 0 Å². The summed E-state index contributed by atoms with van der Waals surface area (Å²) < 4.78 is 0. The van der Waals surface area contributed by atoms with Gasteiger partial charge in [-0.25, -0.2) is 4.98 Å². The highest BCUT2D eigenvalue weighted by molar-refractivity contribution is 6.33. The van der Waals surface area contributed by atoms with Crippen LogP contribution in [0.15, 0.2) is 42.5 Å². The minimum atomic E-state index is -0.164. The Kier molecular flexibility index (Phi) is 5.16. The number of carbonyl (C=O) groups is 1. The van der Waals surface area contributed by atoms with Crippen molar-refractivity contribution >= 4 is 29.1 Å². The number of rotatable bonds is 4. The predicted molar refractivity (Wildman–Crippen MR) is 91.8 cm³/mol. The molecule has 0 bridgehead atoms. The van der Waals surface area contributed by atoms with E-state index in [0.717, 1.165) is 26.1 Å². The number of hydrogen-bond acceptors (Lipinski definition) is 3. The molecule has 1 aliphatic rings. The topological polar surface area (TPSA) is 45.2 Å². The van der Waals surface area contributed by atoms with Crippen LogP contribution in [0.3, 0.4) is 0 Å². The quantitative estimate of drug-likeness (QED) is 0.860. The highest BCUT2D eigenvalue weighted by Crippen LogP contribution is 2.17. The third-order valence-electron chi connectivity index (χ3n) is 3.88. The van der Waals surface area contributed by atoms with E-state index in [2.05, 4.69) is 27.3 Å². The van der Waals surface area contributed by atoms with Crippen LogP contribution in [-0.2, 0) is 6.54 Å². The van der Waals surface area contributed by atoms with Gasteiger partial charge < -0.3 is 5.32 Å². The van der Waals surface area contributed by atoms with Crippen molar-refractivity contribution in [2.45, 2.75) is 19.0 Å². The predicted octanol–water partition coefficient (Wildman–Crippen LogP) is 3.39. The third-order valence-corrected chi connectivity index (χ3v) is 4.27. The summed E-state index contributed by atoms with van der Waals surface area (Å²) in [5.41, 5.74) is 1.73. The van der Waals surface area contributed by atoms with E-state index in [1.807, 2.05) is 18.2 Å². The van der Waals surface area contributed by atoms with Crippen LogP contribution in [0.5, 0.6) is 0 Å². The first kappa shape index (κ1) is 16.2. The van der Waals surface area contributed by atoms with E-state index in [9.17, 15) is 4.79 Å². The molecule has 6 heteroatoms. The summed E-state index contributed by atoms with van der Waals surface area (Å²) in [4.78, 5) is 18.5. The van der Waals surface area contributed by atoms with Crippen molar-refractivity contribution < 1.29 is 4.79 Å². The molecule has 1 saturated heterocycles. The van der Waals surface area contributed by atoms with Gasteiger partial charge in [0.05, 0.1) is 0 Å². The second-order valence-electron chi connectivity index (χ2n) is 5.68. The fourth-order valence-corrected chi connectivity index (χ4v) is 3.26. The maximum atomic E-state index is 12.3. The standard InChI is InChI=1S/C17H17Cl2N3O/c18-15-8-13(9-16(19)21-15)17(23)20-14-6-7-22(11-14)10-12-4-2-1-3-5-12/h1-5,8-9,14H,6-7,10-11H2,(H,20,23)/t14-/m1/s1. The average Bonchev–Trinajstić information content (AvgIpc) is 2.94. The van der Waals surface area contributed by atoms with Crippen molar-refractivity contribution in [1.82, 2.24) is 15.2 Å². The van der Waals surface area contributed by atoms with Crippen molar-refractivity contribution in [3.63, 3.8) is 0 Å². The van der Waals surface area contributed by atoms with Gasteiger partial charge in [-0.15, -0.1) is 0 Å². The normalized spacial score (nSPS) is 18.1. The van der Waals surface area contributed by atoms with Crippen molar-refractivity contribution in [3.05, 3.63) is 63.9 Å². The smallest absolute Gasteiger partial charge is 0.251 e. The molecule has 0 saturated carbocycles. The van der Waals surface area contributed by atoms with Gasteiger partial charge in [0, 0.05) is 31.2 Å². The fraction of sp³-hybridized carbons (Fsp3) is 0.294. The highest BCUT2D eigenvalue weighted by atomic mass is 35.5. The molecule has 1 amide bonds. The minimum absolute atomic E-state index is 0.136. The molecule has 1 atom stereocenters. The second-order valence-corrected chi connectivity index (χ2v) is 6.46. The van der Waals surface area contributed by atoms with Gasteiger partial charge in [-0.05, 0) is 24.1 Å². The van der Waals surface area contributed by atoms with Gasteiger partial charge in [-0.2, -0.15) is 0 Å². The van der Waals surface area contributed by atoms with Crippen molar-refractivity contribution in [3.8, 4) is 0 Å². The maximum absolute atomic E-state index is 12.3. The SMILES string of the molecule is O=C(N[C@@H]1CCN(Cc2ccccc2)C1)c1cc(Cl)nc(Cl)c1. The summed E-state index contributed by atoms with van der Waals surface area (Å²) in [7, 11) is 0. The minimum Gasteiger partial charge on any atom is -0.348 e. The first-order valence-corrected chi connectivity index (χ1v) is 8.26. The maximum Gasteiger partial charge on any atom is 0.251 e. The molecule has 0 radical (unpaired) electrons. The molecule has 1 N–H and O–H groups in total. The van der Waals surface area contributed by atoms with Crippen LogP contribution < -0.4 is 5.32 Å². The Balaban J connectivity index is 1.56. The number of nitrogens with one attached hydrogen (secondary N) is 1. The molecule has 3 rings (SSSR count). The Morgan fingerprint density at radius 3 is 2.61 bits per heavy atom. The van der Waals surface area contributed by atoms with Crippen LogP contribution in [0.1, 0.15) is 22.3 Å². The number of nitrogens with zero attached hydrogens (tertiary/aromatic N) is 2. The fourth-order valence-electron chi connectivity index (χ4n) is 2.80. The van der Waals surface area contributed by atoms with Crippen LogP contribution in [0.2, 0.25) is 10.3 Å². The summed E-state index contributed by atoms with van der Waals surface area (Å²) in [5.74, 6) is -0.164. The number of amides is 1. The van der Waals surface area contributed by atoms with E-state index in [0.29, 0.717) is 5.56 Å². The number of benzene rings is 1. The Labute approximate surface area is 145 Å². The number of halogens is 2. The van der Waals surface area contributed by atoms with E-state index in [1.165, 1.54) is 17.7 Å². The molecule has 2 heterocycles. The largest absolute Gasteiger partial charge is 0.348 e. The van der Waals surface area contributed by atoms with E-state index in [4.69, 9.17) is 23.2 Å². The van der Waals surface area contributed by atoms with Gasteiger partial charge in [-0.1, -0.05) is 53.5 Å². The van der Waals surface area contributed by atoms with Gasteiger partial charge in [-0.3, -0.25) is 9.69 Å². The lowest BCUT2D eigenvalue weighted by molar-refractivity contribution is 0.0937. The highest BCUT2D eigenvalue weighted by Gasteiger charge is 2.24. The summed E-state index contributed by atoms with van der Waals surface area (Å²) in [6, 6.07) is 13.5. The summed E-state index contributed by atoms with van der Waals surface area (Å²) >= 11 is 11.7. The zero-order chi connectivity index (χ0) is 16.2. The Bertz CT molecular complexity index is 673. The van der Waals surface area contributed by atoms with Crippen LogP contribution >= 0.6 is 23.2 Å². The molecule has 0 aliphatic carbocycles. The molecule has 0 unspecified atom stereocenters. The summed E-state index contributed by atoms with van der Waals surface area (Å²) in [5, 5.41) is 3.48. The Morgan fingerprint density at radius 2 is 1.91 bits per heavy atom. The van der Waals surface area contributed by atoms with E-state index in [1.54, 1.807) is 0 Å². The van der Waals surface area contributed by atoms with Crippen LogP contribution in [0.4, 0.5) is 0 Å². The molecule has 0 spiro atoms. The lowest BCUT2D eigenvalue weighted by atomic mass is 10.2. The third kappa shape index (κ3) is 4.44. The van der Waals surface area contributed by atoms with Gasteiger partial charge in [0.1, 0.15) is 10.3 Å². The van der Waals surface area contributed by atoms with E-state index >= 15 is 0 Å². The van der Waals surface area contributed by atoms with Gasteiger partial charge in [0.15, 0.2) is 0 Å². The molecule has 2 aromatic rings. The van der Waals surface area contributed by atoms with E-state index in [-0.39, 0.29) is 22.3 Å². The second kappa shape index (κ2) is 7.30. The molecule has 23 heavy (non-hydrogen) atoms. The van der Waals surface area contributed by atoms with Crippen LogP contribution in [0.25, 0.3) is 0 Å². The molecule has 1 fully saturated rings. The van der Waals surface area contributed by atoms with E-state index < -0.39 is 0 Å². The lowest BCUT2D eigenvalue weighted by Gasteiger charge is -2.17. The number of pyridine rings is 1. The first-order chi connectivity index (χ1) is 11.1. The zero-order valence-electron chi connectivity index (χ0n) is 12.5. The number of carbonyl (C=O) groups excluding carboxylic acids is 1.